The minimum absolute atomic E-state index is 0.190. The normalized spacial score (nSPS) is 12.3. The van der Waals surface area contributed by atoms with Crippen LogP contribution in [0, 0.1) is 5.92 Å². The molecule has 8 nitrogen and oxygen atoms in total. The van der Waals surface area contributed by atoms with E-state index in [2.05, 4.69) is 34.3 Å². The number of carbonyl (C=O) groups excluding carboxylic acids is 1. The van der Waals surface area contributed by atoms with Crippen molar-refractivity contribution in [3.63, 3.8) is 0 Å². The van der Waals surface area contributed by atoms with Gasteiger partial charge in [-0.1, -0.05) is 19.0 Å². The summed E-state index contributed by atoms with van der Waals surface area (Å²) in [5, 5.41) is 13.4. The Morgan fingerprint density at radius 2 is 2.21 bits per heavy atom. The van der Waals surface area contributed by atoms with Crippen LogP contribution in [0.1, 0.15) is 47.8 Å². The predicted molar refractivity (Wildman–Crippen MR) is 85.7 cm³/mol. The molecule has 2 aromatic heterocycles. The quantitative estimate of drug-likeness (QED) is 0.823. The summed E-state index contributed by atoms with van der Waals surface area (Å²) in [6.07, 6.45) is 5.63. The molecule has 3 rings (SSSR count). The Morgan fingerprint density at radius 1 is 1.46 bits per heavy atom. The predicted octanol–water partition coefficient (Wildman–Crippen LogP) is 2.10. The van der Waals surface area contributed by atoms with Crippen LogP contribution in [-0.2, 0) is 24.1 Å². The van der Waals surface area contributed by atoms with Crippen LogP contribution in [0.3, 0.4) is 0 Å². The maximum absolute atomic E-state index is 12.1. The van der Waals surface area contributed by atoms with E-state index in [-0.39, 0.29) is 18.1 Å². The Balaban J connectivity index is 0.000000647. The first-order chi connectivity index (χ1) is 11.5. The van der Waals surface area contributed by atoms with Crippen LogP contribution < -0.4 is 5.32 Å². The molecule has 0 saturated carbocycles. The number of anilines is 1. The molecule has 128 valence electrons. The van der Waals surface area contributed by atoms with Gasteiger partial charge in [-0.2, -0.15) is 0 Å². The molecule has 2 N–H and O–H groups in total. The second kappa shape index (κ2) is 8.19. The summed E-state index contributed by atoms with van der Waals surface area (Å²) in [6.45, 7) is 3.93. The molecule has 2 aromatic rings. The number of rotatable bonds is 4. The van der Waals surface area contributed by atoms with Crippen molar-refractivity contribution in [1.82, 2.24) is 15.1 Å². The molecule has 0 spiro atoms. The molecule has 1 aliphatic rings. The Bertz CT molecular complexity index is 712. The molecule has 0 atom stereocenters. The number of hydrogen-bond acceptors (Lipinski definition) is 6. The van der Waals surface area contributed by atoms with E-state index in [1.54, 1.807) is 12.3 Å². The standard InChI is InChI=1S/C15H18N4O2.CH2O2/c1-9(2)6-11-7-13(21-19-11)14(20)18-15-16-8-10-4-3-5-12(10)17-15;2-1-3/h7-9H,3-6H2,1-2H3,(H,16,17,18,20);1H,(H,2,3). The molecule has 0 aliphatic heterocycles. The highest BCUT2D eigenvalue weighted by molar-refractivity contribution is 6.01. The Hall–Kier alpha value is -2.77. The van der Waals surface area contributed by atoms with E-state index in [4.69, 9.17) is 14.4 Å². The molecule has 24 heavy (non-hydrogen) atoms. The monoisotopic (exact) mass is 332 g/mol. The number of aryl methyl sites for hydroxylation is 2. The Labute approximate surface area is 139 Å². The lowest BCUT2D eigenvalue weighted by atomic mass is 10.1. The highest BCUT2D eigenvalue weighted by atomic mass is 16.5. The molecule has 2 heterocycles. The van der Waals surface area contributed by atoms with Gasteiger partial charge in [0.1, 0.15) is 0 Å². The van der Waals surface area contributed by atoms with Crippen molar-refractivity contribution in [2.24, 2.45) is 5.92 Å². The SMILES string of the molecule is CC(C)Cc1cc(C(=O)Nc2ncc3c(n2)CCC3)on1.O=CO. The second-order valence-corrected chi connectivity index (χ2v) is 5.86. The second-order valence-electron chi connectivity index (χ2n) is 5.86. The summed E-state index contributed by atoms with van der Waals surface area (Å²) in [5.74, 6) is 0.610. The van der Waals surface area contributed by atoms with Crippen LogP contribution in [0.2, 0.25) is 0 Å². The minimum Gasteiger partial charge on any atom is -0.483 e. The number of hydrogen-bond donors (Lipinski definition) is 2. The summed E-state index contributed by atoms with van der Waals surface area (Å²) in [6, 6.07) is 1.67. The average Bonchev–Trinajstić information content (AvgIpc) is 3.16. The summed E-state index contributed by atoms with van der Waals surface area (Å²) >= 11 is 0. The molecule has 1 amide bonds. The van der Waals surface area contributed by atoms with Crippen molar-refractivity contribution in [1.29, 1.82) is 0 Å². The van der Waals surface area contributed by atoms with Crippen molar-refractivity contribution in [3.8, 4) is 0 Å². The molecule has 0 aromatic carbocycles. The van der Waals surface area contributed by atoms with Crippen molar-refractivity contribution >= 4 is 18.3 Å². The van der Waals surface area contributed by atoms with Crippen molar-refractivity contribution in [2.75, 3.05) is 5.32 Å². The van der Waals surface area contributed by atoms with Crippen LogP contribution in [0.25, 0.3) is 0 Å². The number of amides is 1. The number of carbonyl (C=O) groups is 2. The number of aromatic nitrogens is 3. The number of nitrogens with one attached hydrogen (secondary N) is 1. The molecule has 8 heteroatoms. The number of nitrogens with zero attached hydrogens (tertiary/aromatic N) is 3. The highest BCUT2D eigenvalue weighted by Crippen LogP contribution is 2.20. The summed E-state index contributed by atoms with van der Waals surface area (Å²) in [7, 11) is 0. The zero-order valence-electron chi connectivity index (χ0n) is 13.7. The molecule has 0 unspecified atom stereocenters. The third-order valence-corrected chi connectivity index (χ3v) is 3.44. The van der Waals surface area contributed by atoms with Gasteiger partial charge in [-0.05, 0) is 37.2 Å². The van der Waals surface area contributed by atoms with E-state index in [1.165, 1.54) is 5.56 Å². The topological polar surface area (TPSA) is 118 Å². The van der Waals surface area contributed by atoms with Gasteiger partial charge in [0, 0.05) is 18.0 Å². The molecular formula is C16H20N4O4. The van der Waals surface area contributed by atoms with E-state index in [0.717, 1.165) is 37.1 Å². The first-order valence-corrected chi connectivity index (χ1v) is 7.73. The average molecular weight is 332 g/mol. The molecule has 0 fully saturated rings. The summed E-state index contributed by atoms with van der Waals surface area (Å²) in [4.78, 5) is 29.0. The van der Waals surface area contributed by atoms with Gasteiger partial charge < -0.3 is 9.63 Å². The molecule has 0 saturated heterocycles. The summed E-state index contributed by atoms with van der Waals surface area (Å²) < 4.78 is 5.07. The van der Waals surface area contributed by atoms with Crippen molar-refractivity contribution in [2.45, 2.75) is 39.5 Å². The van der Waals surface area contributed by atoms with Gasteiger partial charge >= 0.3 is 0 Å². The lowest BCUT2D eigenvalue weighted by Gasteiger charge is -2.03. The third kappa shape index (κ3) is 4.61. The molecular weight excluding hydrogens is 312 g/mol. The maximum atomic E-state index is 12.1. The van der Waals surface area contributed by atoms with Crippen LogP contribution in [0.5, 0.6) is 0 Å². The van der Waals surface area contributed by atoms with E-state index in [0.29, 0.717) is 11.9 Å². The third-order valence-electron chi connectivity index (χ3n) is 3.44. The molecule has 0 bridgehead atoms. The number of fused-ring (bicyclic) bond motifs is 1. The van der Waals surface area contributed by atoms with Gasteiger partial charge in [0.2, 0.25) is 11.7 Å². The highest BCUT2D eigenvalue weighted by Gasteiger charge is 2.17. The van der Waals surface area contributed by atoms with E-state index >= 15 is 0 Å². The summed E-state index contributed by atoms with van der Waals surface area (Å²) in [5.41, 5.74) is 2.98. The zero-order valence-corrected chi connectivity index (χ0v) is 13.7. The smallest absolute Gasteiger partial charge is 0.296 e. The maximum Gasteiger partial charge on any atom is 0.296 e. The first kappa shape index (κ1) is 17.6. The van der Waals surface area contributed by atoms with Gasteiger partial charge in [-0.25, -0.2) is 9.97 Å². The Kier molecular flexibility index (Phi) is 6.00. The fourth-order valence-electron chi connectivity index (χ4n) is 2.47. The van der Waals surface area contributed by atoms with Crippen LogP contribution in [0.15, 0.2) is 16.8 Å². The van der Waals surface area contributed by atoms with Crippen LogP contribution in [0.4, 0.5) is 5.95 Å². The molecule has 1 aliphatic carbocycles. The fourth-order valence-corrected chi connectivity index (χ4v) is 2.47. The minimum atomic E-state index is -0.365. The van der Waals surface area contributed by atoms with Crippen LogP contribution >= 0.6 is 0 Å². The van der Waals surface area contributed by atoms with Crippen molar-refractivity contribution < 1.29 is 19.2 Å². The van der Waals surface area contributed by atoms with E-state index in [9.17, 15) is 4.79 Å². The number of carboxylic acid groups (broad SMARTS) is 1. The van der Waals surface area contributed by atoms with Gasteiger partial charge in [0.15, 0.2) is 0 Å². The lowest BCUT2D eigenvalue weighted by Crippen LogP contribution is -2.14. The van der Waals surface area contributed by atoms with Gasteiger partial charge in [0.05, 0.1) is 5.69 Å². The van der Waals surface area contributed by atoms with E-state index in [1.807, 2.05) is 0 Å². The lowest BCUT2D eigenvalue weighted by molar-refractivity contribution is -0.122. The van der Waals surface area contributed by atoms with Crippen molar-refractivity contribution in [3.05, 3.63) is 35.0 Å². The largest absolute Gasteiger partial charge is 0.483 e. The van der Waals surface area contributed by atoms with Gasteiger partial charge in [0.25, 0.3) is 12.4 Å². The zero-order chi connectivity index (χ0) is 17.5. The van der Waals surface area contributed by atoms with Crippen LogP contribution in [-0.4, -0.2) is 32.6 Å². The Morgan fingerprint density at radius 3 is 2.92 bits per heavy atom. The van der Waals surface area contributed by atoms with E-state index < -0.39 is 0 Å². The fraction of sp³-hybridized carbons (Fsp3) is 0.438. The van der Waals surface area contributed by atoms with Gasteiger partial charge in [-0.3, -0.25) is 14.9 Å². The first-order valence-electron chi connectivity index (χ1n) is 7.73. The molecule has 0 radical (unpaired) electrons. The van der Waals surface area contributed by atoms with Gasteiger partial charge in [-0.15, -0.1) is 0 Å².